The van der Waals surface area contributed by atoms with Crippen molar-refractivity contribution in [2.24, 2.45) is 0 Å². The molecular weight excluding hydrogens is 404 g/mol. The third-order valence-electron chi connectivity index (χ3n) is 4.94. The second kappa shape index (κ2) is 8.01. The summed E-state index contributed by atoms with van der Waals surface area (Å²) in [6.07, 6.45) is 0.665. The van der Waals surface area contributed by atoms with Crippen molar-refractivity contribution < 1.29 is 9.21 Å². The Labute approximate surface area is 178 Å². The van der Waals surface area contributed by atoms with Crippen LogP contribution in [-0.4, -0.2) is 17.4 Å². The van der Waals surface area contributed by atoms with Crippen molar-refractivity contribution in [3.63, 3.8) is 0 Å². The molecule has 6 heteroatoms. The Bertz CT molecular complexity index is 1190. The molecule has 0 unspecified atom stereocenters. The maximum absolute atomic E-state index is 12.6. The van der Waals surface area contributed by atoms with Crippen LogP contribution in [0.4, 0.5) is 0 Å². The molecule has 0 aliphatic carbocycles. The van der Waals surface area contributed by atoms with Crippen molar-refractivity contribution in [2.75, 3.05) is 6.54 Å². The first-order valence-electron chi connectivity index (χ1n) is 9.41. The van der Waals surface area contributed by atoms with E-state index < -0.39 is 0 Å². The Morgan fingerprint density at radius 1 is 1.17 bits per heavy atom. The summed E-state index contributed by atoms with van der Waals surface area (Å²) < 4.78 is 5.79. The number of thiazole rings is 1. The lowest BCUT2D eigenvalue weighted by molar-refractivity contribution is 0.0927. The molecule has 2 heterocycles. The molecule has 2 aromatic heterocycles. The summed E-state index contributed by atoms with van der Waals surface area (Å²) in [5.74, 6) is 0.113. The molecule has 4 rings (SSSR count). The van der Waals surface area contributed by atoms with Gasteiger partial charge in [-0.05, 0) is 38.5 Å². The highest BCUT2D eigenvalue weighted by molar-refractivity contribution is 7.13. The predicted octanol–water partition coefficient (Wildman–Crippen LogP) is 6.11. The highest BCUT2D eigenvalue weighted by Crippen LogP contribution is 2.30. The van der Waals surface area contributed by atoms with E-state index in [1.54, 1.807) is 11.3 Å². The van der Waals surface area contributed by atoms with Crippen LogP contribution >= 0.6 is 22.9 Å². The maximum atomic E-state index is 12.6. The van der Waals surface area contributed by atoms with Crippen LogP contribution in [0.1, 0.15) is 32.9 Å². The first kappa shape index (κ1) is 19.7. The summed E-state index contributed by atoms with van der Waals surface area (Å²) in [6, 6.07) is 12.0. The van der Waals surface area contributed by atoms with Crippen molar-refractivity contribution in [1.29, 1.82) is 0 Å². The van der Waals surface area contributed by atoms with E-state index >= 15 is 0 Å². The van der Waals surface area contributed by atoms with Crippen molar-refractivity contribution in [2.45, 2.75) is 27.2 Å². The molecule has 0 saturated heterocycles. The number of aryl methyl sites for hydroxylation is 3. The van der Waals surface area contributed by atoms with E-state index in [2.05, 4.69) is 41.5 Å². The fraction of sp³-hybridized carbons (Fsp3) is 0.217. The van der Waals surface area contributed by atoms with E-state index in [0.29, 0.717) is 29.3 Å². The largest absolute Gasteiger partial charge is 0.451 e. The van der Waals surface area contributed by atoms with Gasteiger partial charge in [-0.1, -0.05) is 41.4 Å². The van der Waals surface area contributed by atoms with Crippen LogP contribution in [0.3, 0.4) is 0 Å². The van der Waals surface area contributed by atoms with E-state index in [-0.39, 0.29) is 5.91 Å². The van der Waals surface area contributed by atoms with Crippen molar-refractivity contribution in [1.82, 2.24) is 10.3 Å². The van der Waals surface area contributed by atoms with Gasteiger partial charge in [0.15, 0.2) is 5.76 Å². The summed E-state index contributed by atoms with van der Waals surface area (Å²) >= 11 is 7.82. The van der Waals surface area contributed by atoms with Gasteiger partial charge >= 0.3 is 0 Å². The Hall–Kier alpha value is -2.63. The smallest absolute Gasteiger partial charge is 0.287 e. The minimum Gasteiger partial charge on any atom is -0.451 e. The van der Waals surface area contributed by atoms with Gasteiger partial charge in [0, 0.05) is 39.9 Å². The van der Waals surface area contributed by atoms with E-state index in [1.807, 2.05) is 31.4 Å². The number of carbonyl (C=O) groups excluding carboxylic acids is 1. The number of amides is 1. The van der Waals surface area contributed by atoms with Gasteiger partial charge in [0.2, 0.25) is 0 Å². The molecule has 0 aliphatic heterocycles. The topological polar surface area (TPSA) is 55.1 Å². The second-order valence-electron chi connectivity index (χ2n) is 7.17. The number of benzene rings is 2. The van der Waals surface area contributed by atoms with Crippen LogP contribution in [-0.2, 0) is 6.42 Å². The summed E-state index contributed by atoms with van der Waals surface area (Å²) in [5.41, 5.74) is 5.71. The van der Waals surface area contributed by atoms with E-state index in [4.69, 9.17) is 16.0 Å². The second-order valence-corrected chi connectivity index (χ2v) is 8.43. The van der Waals surface area contributed by atoms with Crippen LogP contribution in [0.5, 0.6) is 0 Å². The third-order valence-corrected chi connectivity index (χ3v) is 6.29. The normalized spacial score (nSPS) is 11.2. The van der Waals surface area contributed by atoms with Crippen molar-refractivity contribution >= 4 is 39.8 Å². The van der Waals surface area contributed by atoms with E-state index in [9.17, 15) is 4.79 Å². The quantitative estimate of drug-likeness (QED) is 0.420. The van der Waals surface area contributed by atoms with Crippen LogP contribution < -0.4 is 5.32 Å². The number of furan rings is 1. The Morgan fingerprint density at radius 3 is 2.69 bits per heavy atom. The van der Waals surface area contributed by atoms with E-state index in [1.165, 1.54) is 5.56 Å². The molecule has 0 bridgehead atoms. The Morgan fingerprint density at radius 2 is 1.93 bits per heavy atom. The number of carbonyl (C=O) groups is 1. The highest BCUT2D eigenvalue weighted by Gasteiger charge is 2.18. The molecule has 148 valence electrons. The SMILES string of the molecule is Cc1ccc(-c2nc(CCNC(=O)c3oc4cc(C)c(Cl)cc4c3C)cs2)cc1. The number of fused-ring (bicyclic) bond motifs is 1. The summed E-state index contributed by atoms with van der Waals surface area (Å²) in [5, 5.41) is 7.50. The summed E-state index contributed by atoms with van der Waals surface area (Å²) in [6.45, 7) is 6.35. The number of hydrogen-bond donors (Lipinski definition) is 1. The van der Waals surface area contributed by atoms with Gasteiger partial charge in [-0.25, -0.2) is 4.98 Å². The summed E-state index contributed by atoms with van der Waals surface area (Å²) in [4.78, 5) is 17.3. The predicted molar refractivity (Wildman–Crippen MR) is 119 cm³/mol. The number of nitrogens with zero attached hydrogens (tertiary/aromatic N) is 1. The Balaban J connectivity index is 1.41. The summed E-state index contributed by atoms with van der Waals surface area (Å²) in [7, 11) is 0. The minimum absolute atomic E-state index is 0.221. The molecule has 4 aromatic rings. The van der Waals surface area contributed by atoms with Crippen molar-refractivity contribution in [3.05, 3.63) is 74.9 Å². The first-order chi connectivity index (χ1) is 13.9. The van der Waals surface area contributed by atoms with Gasteiger partial charge in [0.05, 0.1) is 5.69 Å². The van der Waals surface area contributed by atoms with E-state index in [0.717, 1.165) is 32.8 Å². The first-order valence-corrected chi connectivity index (χ1v) is 10.7. The number of aromatic nitrogens is 1. The molecule has 0 spiro atoms. The molecule has 1 amide bonds. The lowest BCUT2D eigenvalue weighted by atomic mass is 10.1. The van der Waals surface area contributed by atoms with Gasteiger partial charge in [-0.3, -0.25) is 4.79 Å². The zero-order valence-electron chi connectivity index (χ0n) is 16.5. The van der Waals surface area contributed by atoms with Crippen LogP contribution in [0.15, 0.2) is 46.2 Å². The van der Waals surface area contributed by atoms with Crippen LogP contribution in [0, 0.1) is 20.8 Å². The molecule has 0 radical (unpaired) electrons. The van der Waals surface area contributed by atoms with Crippen molar-refractivity contribution in [3.8, 4) is 10.6 Å². The molecule has 4 nitrogen and oxygen atoms in total. The standard InChI is InChI=1S/C23H21ClN2O2S/c1-13-4-6-16(7-5-13)23-26-17(12-29-23)8-9-25-22(27)21-15(3)18-11-19(24)14(2)10-20(18)28-21/h4-7,10-12H,8-9H2,1-3H3,(H,25,27). The molecule has 29 heavy (non-hydrogen) atoms. The number of halogens is 1. The zero-order valence-corrected chi connectivity index (χ0v) is 18.1. The molecule has 0 fully saturated rings. The molecular formula is C23H21ClN2O2S. The zero-order chi connectivity index (χ0) is 20.5. The van der Waals surface area contributed by atoms with Gasteiger partial charge in [-0.15, -0.1) is 11.3 Å². The monoisotopic (exact) mass is 424 g/mol. The fourth-order valence-corrected chi connectivity index (χ4v) is 4.22. The average Bonchev–Trinajstić information content (AvgIpc) is 3.28. The van der Waals surface area contributed by atoms with Crippen LogP contribution in [0.25, 0.3) is 21.5 Å². The van der Waals surface area contributed by atoms with Crippen LogP contribution in [0.2, 0.25) is 5.02 Å². The molecule has 0 atom stereocenters. The fourth-order valence-electron chi connectivity index (χ4n) is 3.19. The Kier molecular flexibility index (Phi) is 5.43. The van der Waals surface area contributed by atoms with Gasteiger partial charge in [-0.2, -0.15) is 0 Å². The molecule has 0 saturated carbocycles. The maximum Gasteiger partial charge on any atom is 0.287 e. The third kappa shape index (κ3) is 4.07. The van der Waals surface area contributed by atoms with Gasteiger partial charge in [0.25, 0.3) is 5.91 Å². The molecule has 0 aliphatic rings. The number of nitrogens with one attached hydrogen (secondary N) is 1. The lowest BCUT2D eigenvalue weighted by Gasteiger charge is -2.02. The molecule has 1 N–H and O–H groups in total. The lowest BCUT2D eigenvalue weighted by Crippen LogP contribution is -2.25. The number of rotatable bonds is 5. The minimum atomic E-state index is -0.221. The number of hydrogen-bond acceptors (Lipinski definition) is 4. The highest BCUT2D eigenvalue weighted by atomic mass is 35.5. The average molecular weight is 425 g/mol. The molecule has 2 aromatic carbocycles. The van der Waals surface area contributed by atoms with Gasteiger partial charge in [0.1, 0.15) is 10.6 Å². The van der Waals surface area contributed by atoms with Gasteiger partial charge < -0.3 is 9.73 Å².